The average Bonchev–Trinajstić information content (AvgIpc) is 2.38. The number of hydrogen-bond acceptors (Lipinski definition) is 4. The van der Waals surface area contributed by atoms with Crippen LogP contribution in [0.2, 0.25) is 0 Å². The van der Waals surface area contributed by atoms with Crippen LogP contribution in [0.3, 0.4) is 0 Å². The summed E-state index contributed by atoms with van der Waals surface area (Å²) in [6, 6.07) is 5.00. The smallest absolute Gasteiger partial charge is 0.245 e. The molecule has 0 bridgehead atoms. The van der Waals surface area contributed by atoms with Gasteiger partial charge in [0.2, 0.25) is 10.0 Å². The Morgan fingerprint density at radius 2 is 2.00 bits per heavy atom. The highest BCUT2D eigenvalue weighted by molar-refractivity contribution is 7.89. The molecule has 1 aromatic rings. The van der Waals surface area contributed by atoms with E-state index in [1.54, 1.807) is 18.2 Å². The van der Waals surface area contributed by atoms with Gasteiger partial charge >= 0.3 is 0 Å². The Bertz CT molecular complexity index is 549. The predicted octanol–water partition coefficient (Wildman–Crippen LogP) is 0.970. The van der Waals surface area contributed by atoms with Crippen molar-refractivity contribution in [1.82, 2.24) is 4.31 Å². The molecular weight excluding hydrogens is 264 g/mol. The third-order valence-corrected chi connectivity index (χ3v) is 5.59. The Hall–Kier alpha value is -1.11. The van der Waals surface area contributed by atoms with E-state index in [1.807, 2.05) is 6.92 Å². The van der Waals surface area contributed by atoms with E-state index in [0.29, 0.717) is 31.6 Å². The fraction of sp³-hybridized carbons (Fsp3) is 0.538. The van der Waals surface area contributed by atoms with Gasteiger partial charge in [0, 0.05) is 19.7 Å². The van der Waals surface area contributed by atoms with Crippen molar-refractivity contribution in [3.8, 4) is 0 Å². The number of hydrogen-bond donors (Lipinski definition) is 2. The van der Waals surface area contributed by atoms with Gasteiger partial charge in [-0.05, 0) is 43.4 Å². The summed E-state index contributed by atoms with van der Waals surface area (Å²) in [5, 5.41) is 9.08. The normalized spacial score (nSPS) is 18.6. The van der Waals surface area contributed by atoms with E-state index < -0.39 is 10.0 Å². The third kappa shape index (κ3) is 2.91. The number of piperidine rings is 1. The van der Waals surface area contributed by atoms with Gasteiger partial charge in [-0.1, -0.05) is 6.07 Å². The number of aliphatic hydroxyl groups excluding tert-OH is 1. The van der Waals surface area contributed by atoms with E-state index >= 15 is 0 Å². The van der Waals surface area contributed by atoms with Gasteiger partial charge in [-0.2, -0.15) is 4.31 Å². The molecule has 0 spiro atoms. The van der Waals surface area contributed by atoms with Crippen LogP contribution in [0.1, 0.15) is 18.4 Å². The van der Waals surface area contributed by atoms with Gasteiger partial charge in [0.15, 0.2) is 0 Å². The molecule has 106 valence electrons. The van der Waals surface area contributed by atoms with Crippen LogP contribution >= 0.6 is 0 Å². The molecule has 1 fully saturated rings. The lowest BCUT2D eigenvalue weighted by molar-refractivity contribution is 0.170. The fourth-order valence-corrected chi connectivity index (χ4v) is 3.94. The van der Waals surface area contributed by atoms with Gasteiger partial charge in [-0.25, -0.2) is 8.42 Å². The lowest BCUT2D eigenvalue weighted by atomic mass is 10.00. The van der Waals surface area contributed by atoms with Gasteiger partial charge in [0.25, 0.3) is 0 Å². The van der Waals surface area contributed by atoms with E-state index in [2.05, 4.69) is 0 Å². The van der Waals surface area contributed by atoms with Crippen LogP contribution in [0.25, 0.3) is 0 Å². The average molecular weight is 284 g/mol. The number of sulfonamides is 1. The molecule has 0 amide bonds. The second-order valence-corrected chi connectivity index (χ2v) is 6.98. The van der Waals surface area contributed by atoms with Gasteiger partial charge in [-0.3, -0.25) is 0 Å². The van der Waals surface area contributed by atoms with Crippen LogP contribution in [-0.2, 0) is 10.0 Å². The lowest BCUT2D eigenvalue weighted by Gasteiger charge is -2.30. The molecule has 0 radical (unpaired) electrons. The van der Waals surface area contributed by atoms with Crippen LogP contribution < -0.4 is 5.73 Å². The SMILES string of the molecule is Cc1ccc(S(=O)(=O)N2CCC(CO)CC2)c(N)c1. The first-order valence-electron chi connectivity index (χ1n) is 6.42. The van der Waals surface area contributed by atoms with Gasteiger partial charge in [0.05, 0.1) is 5.69 Å². The number of nitrogens with zero attached hydrogens (tertiary/aromatic N) is 1. The Kier molecular flexibility index (Phi) is 4.13. The topological polar surface area (TPSA) is 83.6 Å². The first kappa shape index (κ1) is 14.3. The minimum absolute atomic E-state index is 0.126. The Labute approximate surface area is 114 Å². The van der Waals surface area contributed by atoms with E-state index in [1.165, 1.54) is 4.31 Å². The Balaban J connectivity index is 2.23. The summed E-state index contributed by atoms with van der Waals surface area (Å²) in [6.45, 7) is 2.89. The third-order valence-electron chi connectivity index (χ3n) is 3.61. The van der Waals surface area contributed by atoms with Crippen molar-refractivity contribution in [3.63, 3.8) is 0 Å². The summed E-state index contributed by atoms with van der Waals surface area (Å²) in [6.07, 6.45) is 1.39. The molecule has 1 saturated heterocycles. The highest BCUT2D eigenvalue weighted by atomic mass is 32.2. The van der Waals surface area contributed by atoms with Crippen LogP contribution in [0, 0.1) is 12.8 Å². The van der Waals surface area contributed by atoms with Gasteiger partial charge < -0.3 is 10.8 Å². The molecule has 19 heavy (non-hydrogen) atoms. The van der Waals surface area contributed by atoms with Crippen LogP contribution in [0.5, 0.6) is 0 Å². The minimum Gasteiger partial charge on any atom is -0.398 e. The molecule has 0 aliphatic carbocycles. The Morgan fingerprint density at radius 1 is 1.37 bits per heavy atom. The highest BCUT2D eigenvalue weighted by Gasteiger charge is 2.30. The van der Waals surface area contributed by atoms with E-state index in [4.69, 9.17) is 10.8 Å². The molecule has 2 rings (SSSR count). The van der Waals surface area contributed by atoms with Gasteiger partial charge in [0.1, 0.15) is 4.90 Å². The minimum atomic E-state index is -3.51. The van der Waals surface area contributed by atoms with Gasteiger partial charge in [-0.15, -0.1) is 0 Å². The number of nitrogen functional groups attached to an aromatic ring is 1. The predicted molar refractivity (Wildman–Crippen MR) is 74.2 cm³/mol. The number of rotatable bonds is 3. The van der Waals surface area contributed by atoms with Crippen LogP contribution in [0.15, 0.2) is 23.1 Å². The molecule has 0 saturated carbocycles. The maximum atomic E-state index is 12.5. The van der Waals surface area contributed by atoms with Crippen molar-refractivity contribution in [2.75, 3.05) is 25.4 Å². The van der Waals surface area contributed by atoms with Crippen molar-refractivity contribution >= 4 is 15.7 Å². The maximum absolute atomic E-state index is 12.5. The number of aliphatic hydroxyl groups is 1. The van der Waals surface area contributed by atoms with Crippen molar-refractivity contribution in [2.45, 2.75) is 24.7 Å². The van der Waals surface area contributed by atoms with E-state index in [9.17, 15) is 8.42 Å². The Morgan fingerprint density at radius 3 is 2.53 bits per heavy atom. The van der Waals surface area contributed by atoms with Crippen LogP contribution in [-0.4, -0.2) is 37.5 Å². The number of anilines is 1. The number of aryl methyl sites for hydroxylation is 1. The standard InChI is InChI=1S/C13H20N2O3S/c1-10-2-3-13(12(14)8-10)19(17,18)15-6-4-11(9-16)5-7-15/h2-3,8,11,16H,4-7,9,14H2,1H3. The largest absolute Gasteiger partial charge is 0.398 e. The van der Waals surface area contributed by atoms with E-state index in [0.717, 1.165) is 5.56 Å². The molecular formula is C13H20N2O3S. The zero-order chi connectivity index (χ0) is 14.0. The molecule has 1 heterocycles. The van der Waals surface area contributed by atoms with Crippen molar-refractivity contribution < 1.29 is 13.5 Å². The lowest BCUT2D eigenvalue weighted by Crippen LogP contribution is -2.39. The van der Waals surface area contributed by atoms with Crippen molar-refractivity contribution in [1.29, 1.82) is 0 Å². The summed E-state index contributed by atoms with van der Waals surface area (Å²) in [7, 11) is -3.51. The molecule has 1 aliphatic rings. The molecule has 0 aromatic heterocycles. The number of nitrogens with two attached hydrogens (primary N) is 1. The molecule has 0 atom stereocenters. The molecule has 6 heteroatoms. The quantitative estimate of drug-likeness (QED) is 0.810. The zero-order valence-corrected chi connectivity index (χ0v) is 11.9. The molecule has 1 aromatic carbocycles. The summed E-state index contributed by atoms with van der Waals surface area (Å²) in [5.41, 5.74) is 7.06. The monoisotopic (exact) mass is 284 g/mol. The summed E-state index contributed by atoms with van der Waals surface area (Å²) in [5.74, 6) is 0.210. The summed E-state index contributed by atoms with van der Waals surface area (Å²) < 4.78 is 26.5. The molecule has 5 nitrogen and oxygen atoms in total. The molecule has 0 unspecified atom stereocenters. The fourth-order valence-electron chi connectivity index (χ4n) is 2.37. The molecule has 3 N–H and O–H groups in total. The second kappa shape index (κ2) is 5.48. The first-order valence-corrected chi connectivity index (χ1v) is 7.86. The first-order chi connectivity index (χ1) is 8.95. The summed E-state index contributed by atoms with van der Waals surface area (Å²) in [4.78, 5) is 0.181. The molecule has 1 aliphatic heterocycles. The number of benzene rings is 1. The van der Waals surface area contributed by atoms with Crippen molar-refractivity contribution in [3.05, 3.63) is 23.8 Å². The van der Waals surface area contributed by atoms with Crippen molar-refractivity contribution in [2.24, 2.45) is 5.92 Å². The van der Waals surface area contributed by atoms with E-state index in [-0.39, 0.29) is 17.4 Å². The highest BCUT2D eigenvalue weighted by Crippen LogP contribution is 2.27. The maximum Gasteiger partial charge on any atom is 0.245 e. The van der Waals surface area contributed by atoms with Crippen LogP contribution in [0.4, 0.5) is 5.69 Å². The second-order valence-electron chi connectivity index (χ2n) is 5.07. The zero-order valence-electron chi connectivity index (χ0n) is 11.0. The summed E-state index contributed by atoms with van der Waals surface area (Å²) >= 11 is 0.